The van der Waals surface area contributed by atoms with Crippen LogP contribution in [0, 0.1) is 0 Å². The van der Waals surface area contributed by atoms with Gasteiger partial charge in [0.05, 0.1) is 6.10 Å². The summed E-state index contributed by atoms with van der Waals surface area (Å²) < 4.78 is 23.2. The van der Waals surface area contributed by atoms with Gasteiger partial charge in [0, 0.05) is 13.0 Å². The highest BCUT2D eigenvalue weighted by Gasteiger charge is 2.42. The Hall–Kier alpha value is -0.180. The van der Waals surface area contributed by atoms with Gasteiger partial charge in [-0.3, -0.25) is 4.79 Å². The minimum Gasteiger partial charge on any atom is -0.480 e. The number of carboxylic acid groups (broad SMARTS) is 1. The molecule has 14 heavy (non-hydrogen) atoms. The number of β-amino-alcohol motifs (C(OH)–C–C–N with tert-alkyl or cyclic N) is 1. The SMILES string of the molecule is O=C(O)C1CC(O)CN1S(=O)(=O)CBr. The highest BCUT2D eigenvalue weighted by molar-refractivity contribution is 9.10. The molecule has 8 heteroatoms. The van der Waals surface area contributed by atoms with Gasteiger partial charge in [0.1, 0.15) is 10.7 Å². The predicted molar refractivity (Wildman–Crippen MR) is 51.5 cm³/mol. The van der Waals surface area contributed by atoms with Crippen LogP contribution < -0.4 is 0 Å². The van der Waals surface area contributed by atoms with Crippen LogP contribution in [0.2, 0.25) is 0 Å². The number of aliphatic hydroxyl groups excluding tert-OH is 1. The van der Waals surface area contributed by atoms with E-state index in [0.717, 1.165) is 4.31 Å². The number of rotatable bonds is 3. The van der Waals surface area contributed by atoms with Gasteiger partial charge in [-0.2, -0.15) is 4.31 Å². The van der Waals surface area contributed by atoms with Gasteiger partial charge in [-0.15, -0.1) is 0 Å². The zero-order valence-corrected chi connectivity index (χ0v) is 9.53. The third-order valence-corrected chi connectivity index (χ3v) is 5.14. The lowest BCUT2D eigenvalue weighted by molar-refractivity contribution is -0.140. The summed E-state index contributed by atoms with van der Waals surface area (Å²) in [5.74, 6) is -1.23. The van der Waals surface area contributed by atoms with Crippen molar-refractivity contribution < 1.29 is 23.4 Å². The van der Waals surface area contributed by atoms with Crippen LogP contribution in [0.3, 0.4) is 0 Å². The van der Waals surface area contributed by atoms with Gasteiger partial charge in [-0.05, 0) is 0 Å². The predicted octanol–water partition coefficient (Wildman–Crippen LogP) is -0.812. The van der Waals surface area contributed by atoms with E-state index in [9.17, 15) is 18.3 Å². The third-order valence-electron chi connectivity index (χ3n) is 2.01. The van der Waals surface area contributed by atoms with Crippen molar-refractivity contribution in [3.63, 3.8) is 0 Å². The number of hydrogen-bond acceptors (Lipinski definition) is 4. The molecule has 1 heterocycles. The minimum absolute atomic E-state index is 0.0540. The van der Waals surface area contributed by atoms with Crippen molar-refractivity contribution >= 4 is 31.9 Å². The molecule has 0 radical (unpaired) electrons. The van der Waals surface area contributed by atoms with Crippen LogP contribution in [-0.4, -0.2) is 52.3 Å². The van der Waals surface area contributed by atoms with Crippen LogP contribution >= 0.6 is 15.9 Å². The molecule has 0 spiro atoms. The fourth-order valence-electron chi connectivity index (χ4n) is 1.38. The molecule has 0 amide bonds. The highest BCUT2D eigenvalue weighted by Crippen LogP contribution is 2.22. The Bertz CT molecular complexity index is 329. The van der Waals surface area contributed by atoms with Crippen LogP contribution in [-0.2, 0) is 14.8 Å². The molecule has 1 fully saturated rings. The number of carboxylic acids is 1. The lowest BCUT2D eigenvalue weighted by atomic mass is 10.2. The molecule has 1 saturated heterocycles. The molecule has 0 saturated carbocycles. The molecule has 2 atom stereocenters. The average Bonchev–Trinajstić information content (AvgIpc) is 2.48. The van der Waals surface area contributed by atoms with E-state index in [2.05, 4.69) is 15.9 Å². The van der Waals surface area contributed by atoms with Crippen molar-refractivity contribution in [1.29, 1.82) is 0 Å². The van der Waals surface area contributed by atoms with E-state index >= 15 is 0 Å². The molecule has 82 valence electrons. The average molecular weight is 288 g/mol. The smallest absolute Gasteiger partial charge is 0.322 e. The summed E-state index contributed by atoms with van der Waals surface area (Å²) in [4.78, 5) is 10.7. The van der Waals surface area contributed by atoms with E-state index in [1.807, 2.05) is 0 Å². The summed E-state index contributed by atoms with van der Waals surface area (Å²) in [5.41, 5.74) is 0. The van der Waals surface area contributed by atoms with Gasteiger partial charge in [0.25, 0.3) is 0 Å². The second-order valence-electron chi connectivity index (χ2n) is 3.03. The summed E-state index contributed by atoms with van der Waals surface area (Å²) in [7, 11) is -3.62. The first-order valence-corrected chi connectivity index (χ1v) is 6.58. The first-order chi connectivity index (χ1) is 6.38. The van der Waals surface area contributed by atoms with Crippen LogP contribution in [0.1, 0.15) is 6.42 Å². The number of aliphatic carboxylic acids is 1. The minimum atomic E-state index is -3.62. The maximum Gasteiger partial charge on any atom is 0.322 e. The summed E-state index contributed by atoms with van der Waals surface area (Å²) in [6, 6.07) is -1.15. The number of hydrogen-bond donors (Lipinski definition) is 2. The lowest BCUT2D eigenvalue weighted by Gasteiger charge is -2.18. The first-order valence-electron chi connectivity index (χ1n) is 3.85. The molecule has 6 nitrogen and oxygen atoms in total. The topological polar surface area (TPSA) is 94.9 Å². The Labute approximate surface area is 89.7 Å². The van der Waals surface area contributed by atoms with E-state index in [-0.39, 0.29) is 17.6 Å². The summed E-state index contributed by atoms with van der Waals surface area (Å²) >= 11 is 2.77. The Morgan fingerprint density at radius 2 is 2.14 bits per heavy atom. The zero-order valence-electron chi connectivity index (χ0n) is 7.13. The van der Waals surface area contributed by atoms with E-state index in [1.165, 1.54) is 0 Å². The van der Waals surface area contributed by atoms with Crippen molar-refractivity contribution in [2.75, 3.05) is 11.2 Å². The Morgan fingerprint density at radius 3 is 2.57 bits per heavy atom. The van der Waals surface area contributed by atoms with E-state index in [4.69, 9.17) is 5.11 Å². The Kier molecular flexibility index (Phi) is 3.51. The fourth-order valence-corrected chi connectivity index (χ4v) is 3.26. The molecular weight excluding hydrogens is 278 g/mol. The second-order valence-corrected chi connectivity index (χ2v) is 6.26. The molecule has 0 aliphatic carbocycles. The van der Waals surface area contributed by atoms with Gasteiger partial charge in [-0.25, -0.2) is 8.42 Å². The van der Waals surface area contributed by atoms with Crippen molar-refractivity contribution in [2.24, 2.45) is 0 Å². The van der Waals surface area contributed by atoms with Gasteiger partial charge >= 0.3 is 5.97 Å². The summed E-state index contributed by atoms with van der Waals surface area (Å²) in [6.45, 7) is -0.148. The van der Waals surface area contributed by atoms with Crippen LogP contribution in [0.15, 0.2) is 0 Å². The van der Waals surface area contributed by atoms with Gasteiger partial charge < -0.3 is 10.2 Å². The maximum absolute atomic E-state index is 11.4. The number of carbonyl (C=O) groups is 1. The maximum atomic E-state index is 11.4. The largest absolute Gasteiger partial charge is 0.480 e. The number of alkyl halides is 1. The van der Waals surface area contributed by atoms with Gasteiger partial charge in [-0.1, -0.05) is 15.9 Å². The molecule has 1 rings (SSSR count). The molecule has 0 aromatic carbocycles. The Morgan fingerprint density at radius 1 is 1.57 bits per heavy atom. The van der Waals surface area contributed by atoms with E-state index in [0.29, 0.717) is 0 Å². The standard InChI is InChI=1S/C6H10BrNO5S/c7-3-14(12,13)8-2-4(9)1-5(8)6(10)11/h4-5,9H,1-3H2,(H,10,11). The van der Waals surface area contributed by atoms with Gasteiger partial charge in [0.15, 0.2) is 0 Å². The quantitative estimate of drug-likeness (QED) is 0.662. The molecular formula is C6H10BrNO5S. The summed E-state index contributed by atoms with van der Waals surface area (Å²) in [5, 5.41) is 17.9. The van der Waals surface area contributed by atoms with Gasteiger partial charge in [0.2, 0.25) is 10.0 Å². The highest BCUT2D eigenvalue weighted by atomic mass is 79.9. The molecule has 0 bridgehead atoms. The van der Waals surface area contributed by atoms with Crippen molar-refractivity contribution in [2.45, 2.75) is 18.6 Å². The molecule has 1 aliphatic rings. The van der Waals surface area contributed by atoms with Crippen molar-refractivity contribution in [1.82, 2.24) is 4.31 Å². The molecule has 1 aliphatic heterocycles. The number of sulfonamides is 1. The monoisotopic (exact) mass is 287 g/mol. The second kappa shape index (κ2) is 4.13. The molecule has 2 unspecified atom stereocenters. The number of aliphatic hydroxyl groups is 1. The lowest BCUT2D eigenvalue weighted by Crippen LogP contribution is -2.40. The fraction of sp³-hybridized carbons (Fsp3) is 0.833. The summed E-state index contributed by atoms with van der Waals surface area (Å²) in [6.07, 6.45) is -0.952. The normalized spacial score (nSPS) is 29.3. The molecule has 0 aromatic rings. The first kappa shape index (κ1) is 11.9. The van der Waals surface area contributed by atoms with Crippen molar-refractivity contribution in [3.05, 3.63) is 0 Å². The number of nitrogens with zero attached hydrogens (tertiary/aromatic N) is 1. The molecule has 0 aromatic heterocycles. The third kappa shape index (κ3) is 2.25. The zero-order chi connectivity index (χ0) is 10.9. The van der Waals surface area contributed by atoms with E-state index in [1.54, 1.807) is 0 Å². The number of halogens is 1. The van der Waals surface area contributed by atoms with Crippen molar-refractivity contribution in [3.8, 4) is 0 Å². The van der Waals surface area contributed by atoms with Crippen LogP contribution in [0.5, 0.6) is 0 Å². The molecule has 2 N–H and O–H groups in total. The Balaban J connectivity index is 2.93. The van der Waals surface area contributed by atoms with Crippen LogP contribution in [0.25, 0.3) is 0 Å². The van der Waals surface area contributed by atoms with Crippen LogP contribution in [0.4, 0.5) is 0 Å². The van der Waals surface area contributed by atoms with E-state index < -0.39 is 28.1 Å².